The summed E-state index contributed by atoms with van der Waals surface area (Å²) in [6.07, 6.45) is 0.545. The third-order valence-corrected chi connectivity index (χ3v) is 3.45. The van der Waals surface area contributed by atoms with Gasteiger partial charge in [-0.25, -0.2) is 4.98 Å². The third kappa shape index (κ3) is 3.84. The summed E-state index contributed by atoms with van der Waals surface area (Å²) in [4.78, 5) is 16.6. The fourth-order valence-electron chi connectivity index (χ4n) is 1.56. The van der Waals surface area contributed by atoms with E-state index in [4.69, 9.17) is 18.0 Å². The molecular formula is C13H13N3OS2. The summed E-state index contributed by atoms with van der Waals surface area (Å²) < 4.78 is 0. The molecule has 2 rings (SSSR count). The lowest BCUT2D eigenvalue weighted by atomic mass is 10.1. The molecule has 0 unspecified atom stereocenters. The Labute approximate surface area is 120 Å². The van der Waals surface area contributed by atoms with Crippen molar-refractivity contribution in [2.24, 2.45) is 5.73 Å². The SMILES string of the molecule is Cc1csc(NC(=O)c2ccc(CC(N)=S)cc2)n1. The molecule has 0 aliphatic heterocycles. The van der Waals surface area contributed by atoms with Gasteiger partial charge in [0.2, 0.25) is 0 Å². The summed E-state index contributed by atoms with van der Waals surface area (Å²) in [5.41, 5.74) is 7.95. The number of nitrogens with two attached hydrogens (primary N) is 1. The second-order valence-corrected chi connectivity index (χ2v) is 5.47. The molecule has 4 nitrogen and oxygen atoms in total. The van der Waals surface area contributed by atoms with Gasteiger partial charge in [0, 0.05) is 17.4 Å². The Morgan fingerprint density at radius 2 is 2.11 bits per heavy atom. The summed E-state index contributed by atoms with van der Waals surface area (Å²) in [6.45, 7) is 1.89. The van der Waals surface area contributed by atoms with E-state index in [9.17, 15) is 4.79 Å². The molecule has 1 amide bonds. The average molecular weight is 291 g/mol. The molecular weight excluding hydrogens is 278 g/mol. The number of aromatic nitrogens is 1. The molecule has 6 heteroatoms. The van der Waals surface area contributed by atoms with E-state index in [1.807, 2.05) is 24.4 Å². The molecule has 19 heavy (non-hydrogen) atoms. The molecule has 0 atom stereocenters. The third-order valence-electron chi connectivity index (χ3n) is 2.43. The lowest BCUT2D eigenvalue weighted by molar-refractivity contribution is 0.102. The minimum atomic E-state index is -0.170. The number of nitrogens with zero attached hydrogens (tertiary/aromatic N) is 1. The minimum absolute atomic E-state index is 0.170. The largest absolute Gasteiger partial charge is 0.393 e. The Hall–Kier alpha value is -1.79. The van der Waals surface area contributed by atoms with Crippen molar-refractivity contribution in [3.8, 4) is 0 Å². The highest BCUT2D eigenvalue weighted by molar-refractivity contribution is 7.80. The number of amides is 1. The Morgan fingerprint density at radius 1 is 1.42 bits per heavy atom. The minimum Gasteiger partial charge on any atom is -0.393 e. The van der Waals surface area contributed by atoms with Gasteiger partial charge in [-0.15, -0.1) is 11.3 Å². The predicted octanol–water partition coefficient (Wildman–Crippen LogP) is 2.53. The van der Waals surface area contributed by atoms with Gasteiger partial charge in [0.1, 0.15) is 0 Å². The first kappa shape index (κ1) is 13.6. The molecule has 3 N–H and O–H groups in total. The molecule has 0 aliphatic rings. The van der Waals surface area contributed by atoms with Crippen LogP contribution in [0.15, 0.2) is 29.6 Å². The maximum absolute atomic E-state index is 12.0. The van der Waals surface area contributed by atoms with Crippen LogP contribution in [0.3, 0.4) is 0 Å². The summed E-state index contributed by atoms with van der Waals surface area (Å²) in [6, 6.07) is 7.20. The first-order chi connectivity index (χ1) is 9.04. The Morgan fingerprint density at radius 3 is 2.63 bits per heavy atom. The van der Waals surface area contributed by atoms with Gasteiger partial charge >= 0.3 is 0 Å². The van der Waals surface area contributed by atoms with E-state index in [1.165, 1.54) is 11.3 Å². The summed E-state index contributed by atoms with van der Waals surface area (Å²) in [5.74, 6) is -0.170. The van der Waals surface area contributed by atoms with Crippen molar-refractivity contribution < 1.29 is 4.79 Å². The first-order valence-corrected chi connectivity index (χ1v) is 6.94. The molecule has 0 saturated carbocycles. The highest BCUT2D eigenvalue weighted by Gasteiger charge is 2.08. The molecule has 2 aromatic rings. The number of carbonyl (C=O) groups is 1. The number of anilines is 1. The van der Waals surface area contributed by atoms with Crippen molar-refractivity contribution in [1.82, 2.24) is 4.98 Å². The van der Waals surface area contributed by atoms with Gasteiger partial charge in [0.05, 0.1) is 10.7 Å². The molecule has 1 heterocycles. The molecule has 0 saturated heterocycles. The van der Waals surface area contributed by atoms with Crippen LogP contribution in [0.25, 0.3) is 0 Å². The number of nitrogens with one attached hydrogen (secondary N) is 1. The number of carbonyl (C=O) groups excluding carboxylic acids is 1. The van der Waals surface area contributed by atoms with Crippen LogP contribution in [0.4, 0.5) is 5.13 Å². The van der Waals surface area contributed by atoms with Gasteiger partial charge in [0.25, 0.3) is 5.91 Å². The van der Waals surface area contributed by atoms with Crippen molar-refractivity contribution in [2.75, 3.05) is 5.32 Å². The molecule has 1 aromatic carbocycles. The van der Waals surface area contributed by atoms with Crippen molar-refractivity contribution in [2.45, 2.75) is 13.3 Å². The molecule has 98 valence electrons. The van der Waals surface area contributed by atoms with Gasteiger partial charge in [-0.3, -0.25) is 10.1 Å². The number of rotatable bonds is 4. The average Bonchev–Trinajstić information content (AvgIpc) is 2.75. The van der Waals surface area contributed by atoms with Crippen LogP contribution in [-0.4, -0.2) is 15.9 Å². The van der Waals surface area contributed by atoms with Gasteiger partial charge in [0.15, 0.2) is 5.13 Å². The molecule has 0 bridgehead atoms. The van der Waals surface area contributed by atoms with Crippen LogP contribution in [-0.2, 0) is 6.42 Å². The molecule has 1 aromatic heterocycles. The first-order valence-electron chi connectivity index (χ1n) is 5.65. The highest BCUT2D eigenvalue weighted by Crippen LogP contribution is 2.16. The maximum atomic E-state index is 12.0. The van der Waals surface area contributed by atoms with E-state index in [2.05, 4.69) is 10.3 Å². The Balaban J connectivity index is 2.05. The van der Waals surface area contributed by atoms with E-state index in [0.717, 1.165) is 11.3 Å². The van der Waals surface area contributed by atoms with E-state index in [-0.39, 0.29) is 5.91 Å². The normalized spacial score (nSPS) is 10.2. The van der Waals surface area contributed by atoms with Gasteiger partial charge in [-0.2, -0.15) is 0 Å². The summed E-state index contributed by atoms with van der Waals surface area (Å²) in [5, 5.41) is 5.25. The van der Waals surface area contributed by atoms with Crippen LogP contribution < -0.4 is 11.1 Å². The standard InChI is InChI=1S/C13H13N3OS2/c1-8-7-19-13(15-8)16-12(17)10-4-2-9(3-5-10)6-11(14)18/h2-5,7H,6H2,1H3,(H2,14,18)(H,15,16,17). The van der Waals surface area contributed by atoms with Crippen LogP contribution in [0.1, 0.15) is 21.6 Å². The zero-order chi connectivity index (χ0) is 13.8. The number of hydrogen-bond acceptors (Lipinski definition) is 4. The topological polar surface area (TPSA) is 68.0 Å². The van der Waals surface area contributed by atoms with Gasteiger partial charge < -0.3 is 5.73 Å². The second kappa shape index (κ2) is 5.90. The fourth-order valence-corrected chi connectivity index (χ4v) is 2.41. The molecule has 0 fully saturated rings. The smallest absolute Gasteiger partial charge is 0.257 e. The van der Waals surface area contributed by atoms with E-state index in [1.54, 1.807) is 12.1 Å². The van der Waals surface area contributed by atoms with Crippen LogP contribution >= 0.6 is 23.6 Å². The monoisotopic (exact) mass is 291 g/mol. The lowest BCUT2D eigenvalue weighted by Gasteiger charge is -2.03. The quantitative estimate of drug-likeness (QED) is 0.849. The Bertz CT molecular complexity index is 605. The van der Waals surface area contributed by atoms with Crippen molar-refractivity contribution in [1.29, 1.82) is 0 Å². The molecule has 0 radical (unpaired) electrons. The fraction of sp³-hybridized carbons (Fsp3) is 0.154. The lowest BCUT2D eigenvalue weighted by Crippen LogP contribution is -2.13. The molecule has 0 spiro atoms. The zero-order valence-electron chi connectivity index (χ0n) is 10.3. The van der Waals surface area contributed by atoms with E-state index < -0.39 is 0 Å². The number of thiazole rings is 1. The van der Waals surface area contributed by atoms with Crippen molar-refractivity contribution in [3.05, 3.63) is 46.5 Å². The zero-order valence-corrected chi connectivity index (χ0v) is 12.0. The predicted molar refractivity (Wildman–Crippen MR) is 81.7 cm³/mol. The second-order valence-electron chi connectivity index (χ2n) is 4.09. The van der Waals surface area contributed by atoms with Crippen molar-refractivity contribution >= 4 is 39.6 Å². The highest BCUT2D eigenvalue weighted by atomic mass is 32.1. The van der Waals surface area contributed by atoms with Crippen LogP contribution in [0.5, 0.6) is 0 Å². The van der Waals surface area contributed by atoms with Gasteiger partial charge in [-0.05, 0) is 24.6 Å². The van der Waals surface area contributed by atoms with E-state index in [0.29, 0.717) is 22.1 Å². The summed E-state index contributed by atoms with van der Waals surface area (Å²) >= 11 is 6.25. The number of aryl methyl sites for hydroxylation is 1. The van der Waals surface area contributed by atoms with Gasteiger partial charge in [-0.1, -0.05) is 24.4 Å². The van der Waals surface area contributed by atoms with Crippen LogP contribution in [0.2, 0.25) is 0 Å². The number of thiocarbonyl (C=S) groups is 1. The Kier molecular flexibility index (Phi) is 4.24. The molecule has 0 aliphatic carbocycles. The number of hydrogen-bond donors (Lipinski definition) is 2. The van der Waals surface area contributed by atoms with E-state index >= 15 is 0 Å². The number of benzene rings is 1. The van der Waals surface area contributed by atoms with Crippen LogP contribution in [0, 0.1) is 6.92 Å². The van der Waals surface area contributed by atoms with Crippen molar-refractivity contribution in [3.63, 3.8) is 0 Å². The summed E-state index contributed by atoms with van der Waals surface area (Å²) in [7, 11) is 0. The maximum Gasteiger partial charge on any atom is 0.257 e.